The van der Waals surface area contributed by atoms with Crippen LogP contribution in [0.1, 0.15) is 65.5 Å². The van der Waals surface area contributed by atoms with Gasteiger partial charge in [-0.2, -0.15) is 0 Å². The molecule has 0 aliphatic carbocycles. The van der Waals surface area contributed by atoms with Crippen LogP contribution >= 0.6 is 11.3 Å². The van der Waals surface area contributed by atoms with Gasteiger partial charge in [-0.3, -0.25) is 0 Å². The number of hydrogen-bond donors (Lipinski definition) is 1. The van der Waals surface area contributed by atoms with Crippen molar-refractivity contribution in [3.8, 4) is 0 Å². The number of rotatable bonds is 7. The van der Waals surface area contributed by atoms with Crippen molar-refractivity contribution in [3.05, 3.63) is 10.6 Å². The molecule has 0 aromatic carbocycles. The third-order valence-corrected chi connectivity index (χ3v) is 5.25. The van der Waals surface area contributed by atoms with Crippen molar-refractivity contribution in [1.82, 2.24) is 10.3 Å². The SMILES string of the molecule is CCCc1nc(N(C)C(C)C(C)(C)C)sc1CNC(C)C. The van der Waals surface area contributed by atoms with Crippen LogP contribution in [0.3, 0.4) is 0 Å². The summed E-state index contributed by atoms with van der Waals surface area (Å²) >= 11 is 1.85. The Morgan fingerprint density at radius 1 is 1.24 bits per heavy atom. The second kappa shape index (κ2) is 7.59. The molecule has 1 atom stereocenters. The molecular weight excluding hydrogens is 278 g/mol. The summed E-state index contributed by atoms with van der Waals surface area (Å²) in [6, 6.07) is 0.972. The lowest BCUT2D eigenvalue weighted by molar-refractivity contribution is 0.329. The maximum Gasteiger partial charge on any atom is 0.185 e. The predicted molar refractivity (Wildman–Crippen MR) is 95.4 cm³/mol. The summed E-state index contributed by atoms with van der Waals surface area (Å²) in [5.41, 5.74) is 1.53. The van der Waals surface area contributed by atoms with E-state index in [0.717, 1.165) is 24.5 Å². The Balaban J connectivity index is 2.95. The maximum absolute atomic E-state index is 4.92. The van der Waals surface area contributed by atoms with Crippen LogP contribution in [-0.4, -0.2) is 24.1 Å². The Kier molecular flexibility index (Phi) is 6.67. The standard InChI is InChI=1S/C17H33N3S/c1-9-10-14-15(11-18-12(2)3)21-16(19-14)20(8)13(4)17(5,6)7/h12-13,18H,9-11H2,1-8H3. The monoisotopic (exact) mass is 311 g/mol. The molecule has 0 fully saturated rings. The van der Waals surface area contributed by atoms with E-state index < -0.39 is 0 Å². The van der Waals surface area contributed by atoms with Crippen molar-refractivity contribution >= 4 is 16.5 Å². The maximum atomic E-state index is 4.92. The van der Waals surface area contributed by atoms with Gasteiger partial charge in [0.1, 0.15) is 0 Å². The summed E-state index contributed by atoms with van der Waals surface area (Å²) in [4.78, 5) is 8.65. The summed E-state index contributed by atoms with van der Waals surface area (Å²) in [5, 5.41) is 4.68. The van der Waals surface area contributed by atoms with Crippen LogP contribution in [-0.2, 0) is 13.0 Å². The molecule has 21 heavy (non-hydrogen) atoms. The van der Waals surface area contributed by atoms with E-state index >= 15 is 0 Å². The molecule has 1 N–H and O–H groups in total. The Labute approximate surface area is 135 Å². The third kappa shape index (κ3) is 5.26. The van der Waals surface area contributed by atoms with E-state index in [2.05, 4.69) is 65.7 Å². The molecule has 122 valence electrons. The highest BCUT2D eigenvalue weighted by atomic mass is 32.1. The molecule has 1 aromatic rings. The average molecular weight is 312 g/mol. The molecular formula is C17H33N3S. The summed E-state index contributed by atoms with van der Waals surface area (Å²) in [6.07, 6.45) is 2.22. The van der Waals surface area contributed by atoms with Crippen molar-refractivity contribution in [2.45, 2.75) is 79.9 Å². The second-order valence-electron chi connectivity index (χ2n) is 7.30. The van der Waals surface area contributed by atoms with Gasteiger partial charge in [0.05, 0.1) is 5.69 Å². The van der Waals surface area contributed by atoms with Gasteiger partial charge < -0.3 is 10.2 Å². The number of hydrogen-bond acceptors (Lipinski definition) is 4. The van der Waals surface area contributed by atoms with Crippen LogP contribution in [0.2, 0.25) is 0 Å². The first kappa shape index (κ1) is 18.4. The van der Waals surface area contributed by atoms with E-state index in [-0.39, 0.29) is 5.41 Å². The molecule has 0 aliphatic rings. The number of aromatic nitrogens is 1. The molecule has 1 rings (SSSR count). The van der Waals surface area contributed by atoms with Crippen LogP contribution in [0.4, 0.5) is 5.13 Å². The molecule has 0 radical (unpaired) electrons. The van der Waals surface area contributed by atoms with Gasteiger partial charge in [-0.1, -0.05) is 48.0 Å². The minimum absolute atomic E-state index is 0.252. The van der Waals surface area contributed by atoms with Crippen molar-refractivity contribution in [2.24, 2.45) is 5.41 Å². The fourth-order valence-electron chi connectivity index (χ4n) is 2.13. The van der Waals surface area contributed by atoms with E-state index in [1.54, 1.807) is 0 Å². The summed E-state index contributed by atoms with van der Waals surface area (Å²) in [7, 11) is 2.17. The largest absolute Gasteiger partial charge is 0.348 e. The molecule has 0 spiro atoms. The zero-order chi connectivity index (χ0) is 16.2. The van der Waals surface area contributed by atoms with Gasteiger partial charge in [0.25, 0.3) is 0 Å². The van der Waals surface area contributed by atoms with Crippen LogP contribution in [0, 0.1) is 5.41 Å². The average Bonchev–Trinajstić information content (AvgIpc) is 2.77. The van der Waals surface area contributed by atoms with E-state index in [1.807, 2.05) is 11.3 Å². The van der Waals surface area contributed by atoms with Gasteiger partial charge in [0, 0.05) is 30.6 Å². The minimum Gasteiger partial charge on any atom is -0.348 e. The molecule has 3 nitrogen and oxygen atoms in total. The predicted octanol–water partition coefficient (Wildman–Crippen LogP) is 4.46. The van der Waals surface area contributed by atoms with Crippen molar-refractivity contribution < 1.29 is 0 Å². The van der Waals surface area contributed by atoms with E-state index in [4.69, 9.17) is 4.98 Å². The molecule has 1 heterocycles. The highest BCUT2D eigenvalue weighted by Crippen LogP contribution is 2.32. The number of nitrogens with zero attached hydrogens (tertiary/aromatic N) is 2. The second-order valence-corrected chi connectivity index (χ2v) is 8.37. The molecule has 1 unspecified atom stereocenters. The Morgan fingerprint density at radius 2 is 1.86 bits per heavy atom. The van der Waals surface area contributed by atoms with Gasteiger partial charge >= 0.3 is 0 Å². The lowest BCUT2D eigenvalue weighted by Gasteiger charge is -2.35. The smallest absolute Gasteiger partial charge is 0.185 e. The van der Waals surface area contributed by atoms with E-state index in [9.17, 15) is 0 Å². The fourth-order valence-corrected chi connectivity index (χ4v) is 3.23. The number of thiazole rings is 1. The first-order valence-corrected chi connectivity index (χ1v) is 8.93. The third-order valence-electron chi connectivity index (χ3n) is 4.06. The topological polar surface area (TPSA) is 28.2 Å². The lowest BCUT2D eigenvalue weighted by Crippen LogP contribution is -2.39. The number of anilines is 1. The highest BCUT2D eigenvalue weighted by molar-refractivity contribution is 7.15. The van der Waals surface area contributed by atoms with Gasteiger partial charge in [-0.15, -0.1) is 11.3 Å². The van der Waals surface area contributed by atoms with E-state index in [0.29, 0.717) is 12.1 Å². The Hall–Kier alpha value is -0.610. The Morgan fingerprint density at radius 3 is 2.33 bits per heavy atom. The number of nitrogens with one attached hydrogen (secondary N) is 1. The van der Waals surface area contributed by atoms with Crippen LogP contribution in [0.15, 0.2) is 0 Å². The van der Waals surface area contributed by atoms with Crippen LogP contribution in [0.5, 0.6) is 0 Å². The van der Waals surface area contributed by atoms with Gasteiger partial charge in [-0.05, 0) is 18.8 Å². The van der Waals surface area contributed by atoms with Crippen LogP contribution < -0.4 is 10.2 Å². The Bertz CT molecular complexity index is 432. The number of aryl methyl sites for hydroxylation is 1. The van der Waals surface area contributed by atoms with Gasteiger partial charge in [-0.25, -0.2) is 4.98 Å². The van der Waals surface area contributed by atoms with Gasteiger partial charge in [0.15, 0.2) is 5.13 Å². The fraction of sp³-hybridized carbons (Fsp3) is 0.824. The normalized spacial score (nSPS) is 13.8. The zero-order valence-electron chi connectivity index (χ0n) is 15.1. The first-order chi connectivity index (χ1) is 9.66. The molecule has 0 aliphatic heterocycles. The lowest BCUT2D eigenvalue weighted by atomic mass is 9.87. The van der Waals surface area contributed by atoms with Gasteiger partial charge in [0.2, 0.25) is 0 Å². The highest BCUT2D eigenvalue weighted by Gasteiger charge is 2.26. The van der Waals surface area contributed by atoms with E-state index in [1.165, 1.54) is 10.6 Å². The molecule has 1 aromatic heterocycles. The minimum atomic E-state index is 0.252. The van der Waals surface area contributed by atoms with Crippen molar-refractivity contribution in [2.75, 3.05) is 11.9 Å². The summed E-state index contributed by atoms with van der Waals surface area (Å²) in [6.45, 7) is 16.7. The molecule has 0 amide bonds. The summed E-state index contributed by atoms with van der Waals surface area (Å²) in [5.74, 6) is 0. The molecule has 0 saturated carbocycles. The quantitative estimate of drug-likeness (QED) is 0.805. The molecule has 4 heteroatoms. The van der Waals surface area contributed by atoms with Crippen molar-refractivity contribution in [3.63, 3.8) is 0 Å². The molecule has 0 bridgehead atoms. The van der Waals surface area contributed by atoms with Crippen LogP contribution in [0.25, 0.3) is 0 Å². The molecule has 0 saturated heterocycles. The zero-order valence-corrected chi connectivity index (χ0v) is 15.9. The van der Waals surface area contributed by atoms with Crippen molar-refractivity contribution in [1.29, 1.82) is 0 Å². The summed E-state index contributed by atoms with van der Waals surface area (Å²) < 4.78 is 0. The first-order valence-electron chi connectivity index (χ1n) is 8.11.